The van der Waals surface area contributed by atoms with Gasteiger partial charge >= 0.3 is 0 Å². The van der Waals surface area contributed by atoms with Gasteiger partial charge in [-0.3, -0.25) is 0 Å². The summed E-state index contributed by atoms with van der Waals surface area (Å²) in [5.41, 5.74) is 6.45. The van der Waals surface area contributed by atoms with Gasteiger partial charge in [-0.25, -0.2) is 8.42 Å². The van der Waals surface area contributed by atoms with Gasteiger partial charge < -0.3 is 0 Å². The average molecular weight is 529 g/mol. The molecule has 0 amide bonds. The van der Waals surface area contributed by atoms with Crippen LogP contribution in [0.25, 0.3) is 29.3 Å². The molecule has 0 bridgehead atoms. The van der Waals surface area contributed by atoms with Crippen LogP contribution >= 0.6 is 45.3 Å². The second kappa shape index (κ2) is 8.17. The molecular weight excluding hydrogens is 505 g/mol. The van der Waals surface area contributed by atoms with Crippen molar-refractivity contribution in [2.24, 2.45) is 0 Å². The van der Waals surface area contributed by atoms with E-state index >= 15 is 0 Å². The van der Waals surface area contributed by atoms with Crippen LogP contribution < -0.4 is 0 Å². The van der Waals surface area contributed by atoms with Gasteiger partial charge in [0.25, 0.3) is 0 Å². The molecule has 0 saturated carbocycles. The molecule has 5 heterocycles. The Bertz CT molecular complexity index is 1470. The molecule has 1 aliphatic heterocycles. The van der Waals surface area contributed by atoms with Gasteiger partial charge in [0.15, 0.2) is 0 Å². The number of aryl methyl sites for hydroxylation is 4. The monoisotopic (exact) mass is 528 g/mol. The molecule has 4 aromatic heterocycles. The van der Waals surface area contributed by atoms with E-state index in [4.69, 9.17) is 0 Å². The minimum absolute atomic E-state index is 0.475. The fourth-order valence-electron chi connectivity index (χ4n) is 4.33. The van der Waals surface area contributed by atoms with Crippen LogP contribution in [-0.4, -0.2) is 8.42 Å². The Morgan fingerprint density at radius 3 is 1.30 bits per heavy atom. The van der Waals surface area contributed by atoms with E-state index in [2.05, 4.69) is 50.6 Å². The number of thiophene rings is 4. The molecule has 0 unspecified atom stereocenters. The topological polar surface area (TPSA) is 34.1 Å². The lowest BCUT2D eigenvalue weighted by Gasteiger charge is -2.05. The summed E-state index contributed by atoms with van der Waals surface area (Å²) in [4.78, 5) is 7.42. The van der Waals surface area contributed by atoms with Crippen molar-refractivity contribution >= 4 is 65.0 Å². The second-order valence-corrected chi connectivity index (χ2v) is 14.3. The van der Waals surface area contributed by atoms with Gasteiger partial charge in [-0.1, -0.05) is 0 Å². The molecule has 1 aliphatic rings. The van der Waals surface area contributed by atoms with E-state index < -0.39 is 9.84 Å². The van der Waals surface area contributed by atoms with Gasteiger partial charge in [-0.15, -0.1) is 45.3 Å². The third kappa shape index (κ3) is 3.56. The van der Waals surface area contributed by atoms with Crippen molar-refractivity contribution in [2.75, 3.05) is 0 Å². The Morgan fingerprint density at radius 2 is 0.970 bits per heavy atom. The first-order valence-electron chi connectivity index (χ1n) is 10.6. The number of sulfone groups is 1. The fraction of sp³-hybridized carbons (Fsp3) is 0.231. The smallest absolute Gasteiger partial charge is 0.209 e. The molecule has 0 N–H and O–H groups in total. The Hall–Kier alpha value is -1.77. The molecule has 0 aromatic carbocycles. The highest BCUT2D eigenvalue weighted by molar-refractivity contribution is 8.09. The van der Waals surface area contributed by atoms with Gasteiger partial charge in [-0.2, -0.15) is 0 Å². The zero-order chi connectivity index (χ0) is 23.7. The molecule has 0 spiro atoms. The largest absolute Gasteiger partial charge is 0.218 e. The zero-order valence-electron chi connectivity index (χ0n) is 19.3. The molecule has 4 aromatic rings. The van der Waals surface area contributed by atoms with Gasteiger partial charge in [0, 0.05) is 29.3 Å². The van der Waals surface area contributed by atoms with Crippen LogP contribution in [0.5, 0.6) is 0 Å². The molecule has 7 heteroatoms. The van der Waals surface area contributed by atoms with Crippen molar-refractivity contribution < 1.29 is 8.42 Å². The van der Waals surface area contributed by atoms with E-state index in [1.807, 2.05) is 26.0 Å². The summed E-state index contributed by atoms with van der Waals surface area (Å²) in [7, 11) is -3.61. The quantitative estimate of drug-likeness (QED) is 0.265. The van der Waals surface area contributed by atoms with Gasteiger partial charge in [0.1, 0.15) is 0 Å². The highest BCUT2D eigenvalue weighted by atomic mass is 32.2. The summed E-state index contributed by atoms with van der Waals surface area (Å²) in [6.45, 7) is 12.3. The third-order valence-electron chi connectivity index (χ3n) is 6.20. The molecule has 33 heavy (non-hydrogen) atoms. The van der Waals surface area contributed by atoms with Crippen LogP contribution in [0.15, 0.2) is 46.2 Å². The Balaban J connectivity index is 1.61. The van der Waals surface area contributed by atoms with Crippen molar-refractivity contribution in [3.63, 3.8) is 0 Å². The van der Waals surface area contributed by atoms with Gasteiger partial charge in [0.2, 0.25) is 9.84 Å². The molecule has 0 radical (unpaired) electrons. The predicted molar refractivity (Wildman–Crippen MR) is 148 cm³/mol. The normalized spacial score (nSPS) is 15.8. The first-order chi connectivity index (χ1) is 15.6. The van der Waals surface area contributed by atoms with E-state index in [-0.39, 0.29) is 0 Å². The Labute approximate surface area is 211 Å². The minimum Gasteiger partial charge on any atom is -0.218 e. The first kappa shape index (κ1) is 23.0. The molecular formula is C26H24O2S5. The van der Waals surface area contributed by atoms with Crippen molar-refractivity contribution in [1.29, 1.82) is 0 Å². The molecule has 0 saturated heterocycles. The highest BCUT2D eigenvalue weighted by Crippen LogP contribution is 2.52. The molecule has 0 fully saturated rings. The molecule has 2 nitrogen and oxygen atoms in total. The van der Waals surface area contributed by atoms with E-state index in [1.54, 1.807) is 45.3 Å². The summed E-state index contributed by atoms with van der Waals surface area (Å²) < 4.78 is 27.9. The average Bonchev–Trinajstić information content (AvgIpc) is 3.52. The van der Waals surface area contributed by atoms with E-state index in [1.165, 1.54) is 30.6 Å². The summed E-state index contributed by atoms with van der Waals surface area (Å²) in [6, 6.07) is 8.33. The Kier molecular flexibility index (Phi) is 5.69. The maximum absolute atomic E-state index is 14.0. The van der Waals surface area contributed by atoms with E-state index in [9.17, 15) is 8.42 Å². The van der Waals surface area contributed by atoms with Crippen LogP contribution in [0.1, 0.15) is 45.9 Å². The standard InChI is InChI=1S/C26H24O2S5/c1-13-7-9-29-21(13)23-15(3)11-19(31-23)25-17(5)18(6)26(33(25,27)28)20-12-16(4)24(32-20)22-14(2)8-10-30-22/h7-12H,1-6H3. The van der Waals surface area contributed by atoms with Crippen LogP contribution in [0, 0.1) is 27.7 Å². The minimum atomic E-state index is -3.61. The SMILES string of the molecule is CC1=C(c2cc(C)c(-c3sccc3C)s2)S(=O)(=O)C(c2cc(C)c(-c3sccc3C)s2)=C1C. The summed E-state index contributed by atoms with van der Waals surface area (Å²) in [5, 5.41) is 4.19. The zero-order valence-corrected chi connectivity index (χ0v) is 23.4. The van der Waals surface area contributed by atoms with Crippen molar-refractivity contribution in [1.82, 2.24) is 0 Å². The van der Waals surface area contributed by atoms with Gasteiger partial charge in [-0.05, 0) is 110 Å². The van der Waals surface area contributed by atoms with Crippen molar-refractivity contribution in [2.45, 2.75) is 41.5 Å². The number of hydrogen-bond donors (Lipinski definition) is 0. The van der Waals surface area contributed by atoms with Crippen LogP contribution in [0.3, 0.4) is 0 Å². The summed E-state index contributed by atoms with van der Waals surface area (Å²) in [6.07, 6.45) is 0. The van der Waals surface area contributed by atoms with Gasteiger partial charge in [0.05, 0.1) is 9.81 Å². The molecule has 5 rings (SSSR count). The van der Waals surface area contributed by atoms with E-state index in [0.29, 0.717) is 9.81 Å². The van der Waals surface area contributed by atoms with Crippen LogP contribution in [0.2, 0.25) is 0 Å². The predicted octanol–water partition coefficient (Wildman–Crippen LogP) is 9.09. The second-order valence-electron chi connectivity index (χ2n) is 8.52. The molecule has 170 valence electrons. The summed E-state index contributed by atoms with van der Waals surface area (Å²) >= 11 is 6.61. The highest BCUT2D eigenvalue weighted by Gasteiger charge is 2.38. The van der Waals surface area contributed by atoms with E-state index in [0.717, 1.165) is 32.0 Å². The molecule has 0 aliphatic carbocycles. The van der Waals surface area contributed by atoms with Crippen LogP contribution in [0.4, 0.5) is 0 Å². The first-order valence-corrected chi connectivity index (χ1v) is 15.5. The van der Waals surface area contributed by atoms with Crippen molar-refractivity contribution in [3.8, 4) is 19.5 Å². The maximum Gasteiger partial charge on any atom is 0.209 e. The van der Waals surface area contributed by atoms with Crippen molar-refractivity contribution in [3.05, 3.63) is 78.2 Å². The number of rotatable bonds is 4. The lowest BCUT2D eigenvalue weighted by atomic mass is 10.1. The Morgan fingerprint density at radius 1 is 0.576 bits per heavy atom. The molecule has 0 atom stereocenters. The maximum atomic E-state index is 14.0. The fourth-order valence-corrected chi connectivity index (χ4v) is 12.0. The lowest BCUT2D eigenvalue weighted by molar-refractivity contribution is 0.615. The number of hydrogen-bond acceptors (Lipinski definition) is 6. The lowest BCUT2D eigenvalue weighted by Crippen LogP contribution is -2.01. The van der Waals surface area contributed by atoms with Crippen LogP contribution in [-0.2, 0) is 9.84 Å². The number of allylic oxidation sites excluding steroid dienone is 2. The third-order valence-corrected chi connectivity index (χ3v) is 13.5. The summed E-state index contributed by atoms with van der Waals surface area (Å²) in [5.74, 6) is 0.